The van der Waals surface area contributed by atoms with Crippen LogP contribution in [0.15, 0.2) is 22.7 Å². The van der Waals surface area contributed by atoms with Gasteiger partial charge in [0.1, 0.15) is 23.0 Å². The molecule has 2 heterocycles. The molecule has 2 aromatic rings. The van der Waals surface area contributed by atoms with Crippen LogP contribution in [-0.4, -0.2) is 41.9 Å². The third-order valence-electron chi connectivity index (χ3n) is 4.83. The van der Waals surface area contributed by atoms with E-state index >= 15 is 0 Å². The monoisotopic (exact) mass is 360 g/mol. The van der Waals surface area contributed by atoms with Gasteiger partial charge >= 0.3 is 5.97 Å². The number of benzene rings is 1. The lowest BCUT2D eigenvalue weighted by Gasteiger charge is -2.35. The Bertz CT molecular complexity index is 786. The van der Waals surface area contributed by atoms with Gasteiger partial charge in [-0.25, -0.2) is 4.79 Å². The van der Waals surface area contributed by atoms with Gasteiger partial charge in [0.2, 0.25) is 0 Å². The van der Waals surface area contributed by atoms with Gasteiger partial charge in [0.25, 0.3) is 0 Å². The summed E-state index contributed by atoms with van der Waals surface area (Å²) >= 11 is 0. The van der Waals surface area contributed by atoms with Gasteiger partial charge in [-0.2, -0.15) is 0 Å². The second-order valence-electron chi connectivity index (χ2n) is 6.51. The number of piperidine rings is 1. The Morgan fingerprint density at radius 1 is 1.31 bits per heavy atom. The summed E-state index contributed by atoms with van der Waals surface area (Å²) in [7, 11) is 3.05. The van der Waals surface area contributed by atoms with Crippen LogP contribution in [0, 0.1) is 6.92 Å². The minimum absolute atomic E-state index is 0.106. The Hall–Kier alpha value is -2.54. The lowest BCUT2D eigenvalue weighted by Crippen LogP contribution is -2.33. The quantitative estimate of drug-likeness (QED) is 0.845. The molecular formula is C19H24N2O5. The Kier molecular flexibility index (Phi) is 5.46. The Balaban J connectivity index is 1.96. The van der Waals surface area contributed by atoms with E-state index in [0.717, 1.165) is 37.3 Å². The lowest BCUT2D eigenvalue weighted by molar-refractivity contribution is 0.0690. The van der Waals surface area contributed by atoms with Gasteiger partial charge in [-0.05, 0) is 32.4 Å². The number of likely N-dealkylation sites (tertiary alicyclic amines) is 1. The van der Waals surface area contributed by atoms with Gasteiger partial charge < -0.3 is 19.1 Å². The van der Waals surface area contributed by atoms with Crippen LogP contribution < -0.4 is 9.47 Å². The predicted octanol–water partition coefficient (Wildman–Crippen LogP) is 3.43. The molecule has 26 heavy (non-hydrogen) atoms. The molecule has 1 aliphatic rings. The molecule has 0 amide bonds. The number of aromatic carboxylic acids is 1. The van der Waals surface area contributed by atoms with Crippen molar-refractivity contribution in [3.8, 4) is 11.5 Å². The first-order chi connectivity index (χ1) is 12.5. The second-order valence-corrected chi connectivity index (χ2v) is 6.51. The average Bonchev–Trinajstić information content (AvgIpc) is 3.08. The molecule has 1 aromatic heterocycles. The molecule has 1 fully saturated rings. The van der Waals surface area contributed by atoms with Gasteiger partial charge in [0.05, 0.1) is 25.8 Å². The van der Waals surface area contributed by atoms with Crippen molar-refractivity contribution in [2.24, 2.45) is 0 Å². The van der Waals surface area contributed by atoms with Crippen molar-refractivity contribution in [2.45, 2.75) is 38.8 Å². The van der Waals surface area contributed by atoms with Crippen molar-refractivity contribution >= 4 is 5.97 Å². The number of aromatic nitrogens is 1. The van der Waals surface area contributed by atoms with Gasteiger partial charge in [-0.15, -0.1) is 0 Å². The van der Waals surface area contributed by atoms with Crippen molar-refractivity contribution in [2.75, 3.05) is 20.8 Å². The summed E-state index contributed by atoms with van der Waals surface area (Å²) in [6, 6.07) is 5.32. The van der Waals surface area contributed by atoms with Crippen molar-refractivity contribution in [1.82, 2.24) is 10.1 Å². The first-order valence-corrected chi connectivity index (χ1v) is 8.69. The van der Waals surface area contributed by atoms with Crippen LogP contribution in [0.2, 0.25) is 0 Å². The molecule has 7 heteroatoms. The summed E-state index contributed by atoms with van der Waals surface area (Å²) in [6.07, 6.45) is 3.14. The highest BCUT2D eigenvalue weighted by Crippen LogP contribution is 2.36. The lowest BCUT2D eigenvalue weighted by atomic mass is 9.97. The van der Waals surface area contributed by atoms with E-state index in [4.69, 9.17) is 14.0 Å². The zero-order valence-corrected chi connectivity index (χ0v) is 15.3. The van der Waals surface area contributed by atoms with Crippen molar-refractivity contribution in [3.05, 3.63) is 40.8 Å². The maximum Gasteiger partial charge on any atom is 0.336 e. The van der Waals surface area contributed by atoms with E-state index < -0.39 is 5.97 Å². The second kappa shape index (κ2) is 7.78. The van der Waals surface area contributed by atoms with Gasteiger partial charge in [-0.3, -0.25) is 4.90 Å². The number of methoxy groups -OCH3 is 2. The fourth-order valence-corrected chi connectivity index (χ4v) is 3.53. The highest BCUT2D eigenvalue weighted by molar-refractivity contribution is 5.91. The molecule has 1 N–H and O–H groups in total. The van der Waals surface area contributed by atoms with E-state index in [1.54, 1.807) is 19.2 Å². The number of nitrogens with zero attached hydrogens (tertiary/aromatic N) is 2. The molecule has 0 radical (unpaired) electrons. The number of hydrogen-bond donors (Lipinski definition) is 1. The standard InChI is InChI=1S/C19H24N2O5/c1-12-8-16(20-26-12)17-6-4-5-7-21(17)11-15-14(19(22)23)9-13(24-2)10-18(15)25-3/h8-10,17H,4-7,11H2,1-3H3,(H,22,23)/t17-/m1/s1. The largest absolute Gasteiger partial charge is 0.497 e. The third kappa shape index (κ3) is 3.67. The Labute approximate surface area is 152 Å². The van der Waals surface area contributed by atoms with Gasteiger partial charge in [-0.1, -0.05) is 11.6 Å². The Morgan fingerprint density at radius 3 is 2.73 bits per heavy atom. The molecule has 0 unspecified atom stereocenters. The number of rotatable bonds is 6. The zero-order chi connectivity index (χ0) is 18.7. The molecule has 1 aromatic carbocycles. The van der Waals surface area contributed by atoms with Crippen molar-refractivity contribution < 1.29 is 23.9 Å². The molecule has 1 atom stereocenters. The highest BCUT2D eigenvalue weighted by Gasteiger charge is 2.29. The molecule has 1 saturated heterocycles. The van der Waals surface area contributed by atoms with Gasteiger partial charge in [0.15, 0.2) is 0 Å². The van der Waals surface area contributed by atoms with Crippen LogP contribution in [-0.2, 0) is 6.54 Å². The normalized spacial score (nSPS) is 17.9. The summed E-state index contributed by atoms with van der Waals surface area (Å²) in [5, 5.41) is 13.8. The van der Waals surface area contributed by atoms with Gasteiger partial charge in [0, 0.05) is 24.2 Å². The molecule has 0 bridgehead atoms. The molecule has 140 valence electrons. The maximum atomic E-state index is 11.8. The molecule has 0 aliphatic carbocycles. The number of carbonyl (C=O) groups is 1. The van der Waals surface area contributed by atoms with E-state index in [1.165, 1.54) is 7.11 Å². The van der Waals surface area contributed by atoms with Crippen LogP contribution in [0.3, 0.4) is 0 Å². The third-order valence-corrected chi connectivity index (χ3v) is 4.83. The average molecular weight is 360 g/mol. The Morgan fingerprint density at radius 2 is 2.12 bits per heavy atom. The van der Waals surface area contributed by atoms with Crippen LogP contribution in [0.1, 0.15) is 52.7 Å². The molecule has 0 saturated carbocycles. The summed E-state index contributed by atoms with van der Waals surface area (Å²) in [6.45, 7) is 3.20. The van der Waals surface area contributed by atoms with Crippen LogP contribution >= 0.6 is 0 Å². The summed E-state index contributed by atoms with van der Waals surface area (Å²) in [5.74, 6) is 0.759. The predicted molar refractivity (Wildman–Crippen MR) is 94.7 cm³/mol. The van der Waals surface area contributed by atoms with E-state index in [0.29, 0.717) is 23.6 Å². The maximum absolute atomic E-state index is 11.8. The molecule has 7 nitrogen and oxygen atoms in total. The number of ether oxygens (including phenoxy) is 2. The van der Waals surface area contributed by atoms with Crippen LogP contribution in [0.5, 0.6) is 11.5 Å². The SMILES string of the molecule is COc1cc(OC)c(CN2CCCC[C@@H]2c2cc(C)on2)c(C(=O)O)c1. The fourth-order valence-electron chi connectivity index (χ4n) is 3.53. The smallest absolute Gasteiger partial charge is 0.336 e. The number of carboxylic acids is 1. The number of hydrogen-bond acceptors (Lipinski definition) is 6. The summed E-state index contributed by atoms with van der Waals surface area (Å²) in [4.78, 5) is 14.0. The minimum Gasteiger partial charge on any atom is -0.497 e. The first-order valence-electron chi connectivity index (χ1n) is 8.69. The van der Waals surface area contributed by atoms with E-state index in [2.05, 4.69) is 10.1 Å². The molecule has 3 rings (SSSR count). The van der Waals surface area contributed by atoms with Crippen molar-refractivity contribution in [3.63, 3.8) is 0 Å². The number of carboxylic acid groups (broad SMARTS) is 1. The molecule has 1 aliphatic heterocycles. The summed E-state index contributed by atoms with van der Waals surface area (Å²) < 4.78 is 15.9. The minimum atomic E-state index is -0.997. The van der Waals surface area contributed by atoms with E-state index in [-0.39, 0.29) is 11.6 Å². The van der Waals surface area contributed by atoms with Crippen LogP contribution in [0.4, 0.5) is 0 Å². The topological polar surface area (TPSA) is 85.0 Å². The van der Waals surface area contributed by atoms with E-state index in [1.807, 2.05) is 13.0 Å². The molecular weight excluding hydrogens is 336 g/mol. The zero-order valence-electron chi connectivity index (χ0n) is 15.3. The highest BCUT2D eigenvalue weighted by atomic mass is 16.5. The van der Waals surface area contributed by atoms with Crippen LogP contribution in [0.25, 0.3) is 0 Å². The van der Waals surface area contributed by atoms with Crippen molar-refractivity contribution in [1.29, 1.82) is 0 Å². The first kappa shape index (κ1) is 18.3. The summed E-state index contributed by atoms with van der Waals surface area (Å²) in [5.41, 5.74) is 1.74. The van der Waals surface area contributed by atoms with E-state index in [9.17, 15) is 9.90 Å². The fraction of sp³-hybridized carbons (Fsp3) is 0.474. The number of aryl methyl sites for hydroxylation is 1. The molecule has 0 spiro atoms.